The van der Waals surface area contributed by atoms with Crippen molar-refractivity contribution < 1.29 is 4.39 Å². The summed E-state index contributed by atoms with van der Waals surface area (Å²) < 4.78 is 14.2. The number of halogens is 1. The molecule has 0 radical (unpaired) electrons. The fourth-order valence-electron chi connectivity index (χ4n) is 2.33. The molecule has 0 amide bonds. The average molecular weight is 301 g/mol. The van der Waals surface area contributed by atoms with Gasteiger partial charge >= 0.3 is 0 Å². The number of aromatic nitrogens is 2. The van der Waals surface area contributed by atoms with Crippen molar-refractivity contribution in [3.63, 3.8) is 0 Å². The number of hydrogen-bond donors (Lipinski definition) is 1. The Morgan fingerprint density at radius 1 is 1.24 bits per heavy atom. The summed E-state index contributed by atoms with van der Waals surface area (Å²) in [5.41, 5.74) is 7.57. The van der Waals surface area contributed by atoms with Crippen LogP contribution in [-0.2, 0) is 12.0 Å². The maximum Gasteiger partial charge on any atom is 0.141 e. The first-order chi connectivity index (χ1) is 10.1. The minimum Gasteiger partial charge on any atom is -0.320 e. The van der Waals surface area contributed by atoms with Gasteiger partial charge in [-0.15, -0.1) is 11.3 Å². The Hall–Kier alpha value is -1.85. The zero-order valence-corrected chi connectivity index (χ0v) is 12.5. The second-order valence-electron chi connectivity index (χ2n) is 5.12. The number of rotatable bonds is 4. The highest BCUT2D eigenvalue weighted by Gasteiger charge is 2.28. The van der Waals surface area contributed by atoms with Crippen LogP contribution in [0.15, 0.2) is 42.6 Å². The number of nitrogens with zero attached hydrogens (tertiary/aromatic N) is 2. The van der Waals surface area contributed by atoms with E-state index in [0.717, 1.165) is 15.2 Å². The van der Waals surface area contributed by atoms with Crippen LogP contribution in [0.2, 0.25) is 0 Å². The molecule has 0 saturated heterocycles. The second-order valence-corrected chi connectivity index (χ2v) is 6.24. The summed E-state index contributed by atoms with van der Waals surface area (Å²) in [7, 11) is 0. The lowest BCUT2D eigenvalue weighted by atomic mass is 9.89. The van der Waals surface area contributed by atoms with E-state index in [1.807, 2.05) is 25.1 Å². The lowest BCUT2D eigenvalue weighted by Gasteiger charge is -2.26. The lowest BCUT2D eigenvalue weighted by Crippen LogP contribution is -2.39. The largest absolute Gasteiger partial charge is 0.320 e. The number of pyridine rings is 1. The second kappa shape index (κ2) is 5.50. The van der Waals surface area contributed by atoms with E-state index >= 15 is 0 Å². The number of benzene rings is 1. The Morgan fingerprint density at radius 2 is 2.05 bits per heavy atom. The maximum atomic E-state index is 13.0. The molecule has 5 heteroatoms. The molecule has 0 aliphatic heterocycles. The summed E-state index contributed by atoms with van der Waals surface area (Å²) in [5.74, 6) is -0.350. The van der Waals surface area contributed by atoms with Crippen LogP contribution in [0.3, 0.4) is 0 Å². The standard InChI is InChI=1S/C16H16FN3S/c1-2-16(18,14-8-7-11(17)10-19-14)9-15-20-12-5-3-4-6-13(12)21-15/h3-8,10H,2,9,18H2,1H3. The van der Waals surface area contributed by atoms with E-state index in [9.17, 15) is 4.39 Å². The van der Waals surface area contributed by atoms with Crippen molar-refractivity contribution in [3.8, 4) is 0 Å². The third-order valence-electron chi connectivity index (χ3n) is 3.67. The Balaban J connectivity index is 1.94. The van der Waals surface area contributed by atoms with Crippen LogP contribution in [0.1, 0.15) is 24.0 Å². The molecule has 0 aliphatic rings. The number of thiazole rings is 1. The first-order valence-electron chi connectivity index (χ1n) is 6.86. The average Bonchev–Trinajstić information content (AvgIpc) is 2.89. The van der Waals surface area contributed by atoms with Crippen LogP contribution in [0.5, 0.6) is 0 Å². The van der Waals surface area contributed by atoms with Crippen LogP contribution < -0.4 is 5.73 Å². The molecule has 2 aromatic heterocycles. The van der Waals surface area contributed by atoms with E-state index in [4.69, 9.17) is 5.73 Å². The van der Waals surface area contributed by atoms with Gasteiger partial charge in [0.25, 0.3) is 0 Å². The zero-order chi connectivity index (χ0) is 14.9. The van der Waals surface area contributed by atoms with Crippen molar-refractivity contribution >= 4 is 21.6 Å². The van der Waals surface area contributed by atoms with Crippen LogP contribution in [0, 0.1) is 5.82 Å². The molecule has 1 unspecified atom stereocenters. The normalized spacial score (nSPS) is 14.2. The molecule has 1 atom stereocenters. The number of fused-ring (bicyclic) bond motifs is 1. The van der Waals surface area contributed by atoms with Gasteiger partial charge < -0.3 is 5.73 Å². The van der Waals surface area contributed by atoms with Crippen LogP contribution in [0.25, 0.3) is 10.2 Å². The molecular formula is C16H16FN3S. The Bertz CT molecular complexity index is 721. The first kappa shape index (κ1) is 14.1. The zero-order valence-electron chi connectivity index (χ0n) is 11.7. The van der Waals surface area contributed by atoms with E-state index in [2.05, 4.69) is 16.0 Å². The number of nitrogens with two attached hydrogens (primary N) is 1. The minimum absolute atomic E-state index is 0.350. The highest BCUT2D eigenvalue weighted by molar-refractivity contribution is 7.18. The van der Waals surface area contributed by atoms with Gasteiger partial charge in [0.05, 0.1) is 32.7 Å². The van der Waals surface area contributed by atoms with Gasteiger partial charge in [0.1, 0.15) is 5.82 Å². The SMILES string of the molecule is CCC(N)(Cc1nc2ccccc2s1)c1ccc(F)cn1. The molecule has 1 aromatic carbocycles. The van der Waals surface area contributed by atoms with Crippen LogP contribution in [-0.4, -0.2) is 9.97 Å². The third kappa shape index (κ3) is 2.80. The molecule has 0 saturated carbocycles. The van der Waals surface area contributed by atoms with E-state index in [1.54, 1.807) is 17.4 Å². The van der Waals surface area contributed by atoms with Gasteiger partial charge in [-0.1, -0.05) is 19.1 Å². The van der Waals surface area contributed by atoms with E-state index in [0.29, 0.717) is 18.5 Å². The Morgan fingerprint density at radius 3 is 2.71 bits per heavy atom. The van der Waals surface area contributed by atoms with E-state index in [-0.39, 0.29) is 5.82 Å². The fourth-order valence-corrected chi connectivity index (χ4v) is 3.42. The van der Waals surface area contributed by atoms with Crippen LogP contribution >= 0.6 is 11.3 Å². The molecule has 0 spiro atoms. The summed E-state index contributed by atoms with van der Waals surface area (Å²) in [6.07, 6.45) is 2.52. The predicted octanol–water partition coefficient (Wildman–Crippen LogP) is 3.64. The summed E-state index contributed by atoms with van der Waals surface area (Å²) in [6, 6.07) is 11.1. The molecule has 2 N–H and O–H groups in total. The van der Waals surface area contributed by atoms with Gasteiger partial charge in [-0.25, -0.2) is 9.37 Å². The molecule has 0 bridgehead atoms. The molecular weight excluding hydrogens is 285 g/mol. The van der Waals surface area contributed by atoms with Crippen molar-refractivity contribution in [1.82, 2.24) is 9.97 Å². The number of para-hydroxylation sites is 1. The van der Waals surface area contributed by atoms with Crippen molar-refractivity contribution in [2.75, 3.05) is 0 Å². The summed E-state index contributed by atoms with van der Waals surface area (Å²) in [5, 5.41) is 0.978. The van der Waals surface area contributed by atoms with Crippen molar-refractivity contribution in [3.05, 3.63) is 59.1 Å². The van der Waals surface area contributed by atoms with Gasteiger partial charge in [0.15, 0.2) is 0 Å². The van der Waals surface area contributed by atoms with Crippen molar-refractivity contribution in [2.45, 2.75) is 25.3 Å². The first-order valence-corrected chi connectivity index (χ1v) is 7.68. The van der Waals surface area contributed by atoms with Gasteiger partial charge in [-0.2, -0.15) is 0 Å². The van der Waals surface area contributed by atoms with Gasteiger partial charge in [-0.05, 0) is 30.7 Å². The van der Waals surface area contributed by atoms with Gasteiger partial charge in [0.2, 0.25) is 0 Å². The molecule has 21 heavy (non-hydrogen) atoms. The summed E-state index contributed by atoms with van der Waals surface area (Å²) >= 11 is 1.64. The predicted molar refractivity (Wildman–Crippen MR) is 83.7 cm³/mol. The lowest BCUT2D eigenvalue weighted by molar-refractivity contribution is 0.410. The number of hydrogen-bond acceptors (Lipinski definition) is 4. The quantitative estimate of drug-likeness (QED) is 0.800. The summed E-state index contributed by atoms with van der Waals surface area (Å²) in [6.45, 7) is 2.01. The smallest absolute Gasteiger partial charge is 0.141 e. The summed E-state index contributed by atoms with van der Waals surface area (Å²) in [4.78, 5) is 8.77. The highest BCUT2D eigenvalue weighted by atomic mass is 32.1. The molecule has 108 valence electrons. The monoisotopic (exact) mass is 301 g/mol. The van der Waals surface area contributed by atoms with Gasteiger partial charge in [-0.3, -0.25) is 4.98 Å². The van der Waals surface area contributed by atoms with Crippen LogP contribution in [0.4, 0.5) is 4.39 Å². The maximum absolute atomic E-state index is 13.0. The molecule has 3 rings (SSSR count). The minimum atomic E-state index is -0.623. The van der Waals surface area contributed by atoms with Gasteiger partial charge in [0, 0.05) is 6.42 Å². The molecule has 3 nitrogen and oxygen atoms in total. The van der Waals surface area contributed by atoms with E-state index in [1.165, 1.54) is 12.3 Å². The molecule has 2 heterocycles. The van der Waals surface area contributed by atoms with Crippen molar-refractivity contribution in [2.24, 2.45) is 5.73 Å². The third-order valence-corrected chi connectivity index (χ3v) is 4.71. The molecule has 0 aliphatic carbocycles. The van der Waals surface area contributed by atoms with E-state index < -0.39 is 5.54 Å². The molecule has 3 aromatic rings. The fraction of sp³-hybridized carbons (Fsp3) is 0.250. The van der Waals surface area contributed by atoms with Crippen molar-refractivity contribution in [1.29, 1.82) is 0 Å². The topological polar surface area (TPSA) is 51.8 Å². The Labute approximate surface area is 126 Å². The molecule has 0 fully saturated rings. The highest BCUT2D eigenvalue weighted by Crippen LogP contribution is 2.29. The Kier molecular flexibility index (Phi) is 3.69.